The van der Waals surface area contributed by atoms with E-state index < -0.39 is 6.10 Å². The molecule has 6 heteroatoms. The molecule has 0 heterocycles. The molecule has 0 aromatic carbocycles. The Morgan fingerprint density at radius 1 is 0.276 bits per heavy atom. The van der Waals surface area contributed by atoms with Gasteiger partial charge in [0, 0.05) is 19.3 Å². The highest BCUT2D eigenvalue weighted by atomic mass is 16.6. The number of rotatable bonds is 56. The van der Waals surface area contributed by atoms with Crippen molar-refractivity contribution in [3.05, 3.63) is 122 Å². The van der Waals surface area contributed by atoms with Gasteiger partial charge in [-0.3, -0.25) is 14.4 Å². The molecule has 0 aromatic heterocycles. The van der Waals surface area contributed by atoms with Gasteiger partial charge in [-0.2, -0.15) is 0 Å². The number of esters is 3. The van der Waals surface area contributed by atoms with E-state index in [0.717, 1.165) is 128 Å². The van der Waals surface area contributed by atoms with Crippen molar-refractivity contribution < 1.29 is 28.6 Å². The molecule has 1 unspecified atom stereocenters. The van der Waals surface area contributed by atoms with E-state index in [0.29, 0.717) is 19.3 Å². The molecule has 0 aliphatic heterocycles. The Morgan fingerprint density at radius 3 is 0.816 bits per heavy atom. The summed E-state index contributed by atoms with van der Waals surface area (Å²) < 4.78 is 16.7. The van der Waals surface area contributed by atoms with Crippen LogP contribution in [-0.2, 0) is 28.6 Å². The first-order valence-corrected chi connectivity index (χ1v) is 31.5. The second kappa shape index (κ2) is 63.3. The molecule has 0 aromatic rings. The van der Waals surface area contributed by atoms with Gasteiger partial charge in [-0.1, -0.05) is 271 Å². The number of ether oxygens (including phenoxy) is 3. The van der Waals surface area contributed by atoms with Gasteiger partial charge in [0.25, 0.3) is 0 Å². The normalized spacial score (nSPS) is 12.9. The Labute approximate surface area is 469 Å². The van der Waals surface area contributed by atoms with Crippen molar-refractivity contribution in [3.63, 3.8) is 0 Å². The van der Waals surface area contributed by atoms with Gasteiger partial charge in [0.05, 0.1) is 0 Å². The Hall–Kier alpha value is -4.19. The lowest BCUT2D eigenvalue weighted by atomic mass is 10.1. The van der Waals surface area contributed by atoms with Crippen LogP contribution < -0.4 is 0 Å². The van der Waals surface area contributed by atoms with Crippen LogP contribution in [0.5, 0.6) is 0 Å². The minimum Gasteiger partial charge on any atom is -0.462 e. The van der Waals surface area contributed by atoms with Gasteiger partial charge >= 0.3 is 17.9 Å². The maximum Gasteiger partial charge on any atom is 0.306 e. The molecular formula is C70H116O6. The average molecular weight is 1050 g/mol. The summed E-state index contributed by atoms with van der Waals surface area (Å²) in [6.07, 6.45) is 88.2. The van der Waals surface area contributed by atoms with E-state index in [-0.39, 0.29) is 31.1 Å². The highest BCUT2D eigenvalue weighted by Gasteiger charge is 2.19. The van der Waals surface area contributed by atoms with Crippen LogP contribution in [0.4, 0.5) is 0 Å². The lowest BCUT2D eigenvalue weighted by Gasteiger charge is -2.18. The van der Waals surface area contributed by atoms with Crippen molar-refractivity contribution in [1.29, 1.82) is 0 Å². The molecule has 0 rings (SSSR count). The molecule has 6 nitrogen and oxygen atoms in total. The Morgan fingerprint density at radius 2 is 0.513 bits per heavy atom. The van der Waals surface area contributed by atoms with Crippen LogP contribution in [0.3, 0.4) is 0 Å². The average Bonchev–Trinajstić information content (AvgIpc) is 3.42. The topological polar surface area (TPSA) is 78.9 Å². The molecule has 432 valence electrons. The van der Waals surface area contributed by atoms with E-state index in [1.54, 1.807) is 0 Å². The third-order valence-corrected chi connectivity index (χ3v) is 13.2. The fourth-order valence-electron chi connectivity index (χ4n) is 8.49. The van der Waals surface area contributed by atoms with Crippen LogP contribution in [-0.4, -0.2) is 37.2 Å². The summed E-state index contributed by atoms with van der Waals surface area (Å²) in [5.41, 5.74) is 0. The maximum atomic E-state index is 12.8. The molecule has 0 saturated carbocycles. The number of hydrogen-bond donors (Lipinski definition) is 0. The predicted octanol–water partition coefficient (Wildman–Crippen LogP) is 21.6. The van der Waals surface area contributed by atoms with Crippen molar-refractivity contribution in [3.8, 4) is 0 Å². The molecular weight excluding hydrogens is 937 g/mol. The van der Waals surface area contributed by atoms with Crippen molar-refractivity contribution >= 4 is 17.9 Å². The largest absolute Gasteiger partial charge is 0.462 e. The van der Waals surface area contributed by atoms with E-state index in [1.165, 1.54) is 116 Å². The summed E-state index contributed by atoms with van der Waals surface area (Å²) in [5.74, 6) is -0.907. The van der Waals surface area contributed by atoms with Crippen molar-refractivity contribution in [2.75, 3.05) is 13.2 Å². The van der Waals surface area contributed by atoms with Crippen LogP contribution >= 0.6 is 0 Å². The zero-order valence-corrected chi connectivity index (χ0v) is 49.5. The highest BCUT2D eigenvalue weighted by molar-refractivity contribution is 5.71. The van der Waals surface area contributed by atoms with E-state index in [4.69, 9.17) is 14.2 Å². The fourth-order valence-corrected chi connectivity index (χ4v) is 8.49. The molecule has 0 bridgehead atoms. The summed E-state index contributed by atoms with van der Waals surface area (Å²) in [6, 6.07) is 0. The van der Waals surface area contributed by atoms with Gasteiger partial charge in [-0.05, 0) is 116 Å². The second-order valence-corrected chi connectivity index (χ2v) is 20.6. The molecule has 0 saturated heterocycles. The highest BCUT2D eigenvalue weighted by Crippen LogP contribution is 2.15. The first-order valence-electron chi connectivity index (χ1n) is 31.5. The number of hydrogen-bond acceptors (Lipinski definition) is 6. The molecule has 0 amide bonds. The molecule has 0 aliphatic rings. The zero-order valence-electron chi connectivity index (χ0n) is 49.5. The summed E-state index contributed by atoms with van der Waals surface area (Å²) >= 11 is 0. The Bertz CT molecular complexity index is 1590. The van der Waals surface area contributed by atoms with E-state index in [1.807, 2.05) is 0 Å². The quantitative estimate of drug-likeness (QED) is 0.0261. The maximum absolute atomic E-state index is 12.8. The number of carbonyl (C=O) groups is 3. The first-order chi connectivity index (χ1) is 37.5. The summed E-state index contributed by atoms with van der Waals surface area (Å²) in [7, 11) is 0. The molecule has 0 N–H and O–H groups in total. The van der Waals surface area contributed by atoms with E-state index >= 15 is 0 Å². The standard InChI is InChI=1S/C70H116O6/c1-4-7-10-13-15-17-19-21-23-25-27-28-29-30-31-32-33-34-35-36-37-38-39-40-41-42-43-45-46-48-50-52-54-57-60-63-69(72)75-66-67(65-74-68(71)62-59-56-12-9-6-3)76-70(73)64-61-58-55-53-51-49-47-44-26-24-22-20-18-16-14-11-8-5-2/h7,10,15,17-18,20-21,23-24,26-28,30-31,33-34,36-37,39-40,67H,4-6,8-9,11-14,16,19,22,25,29,32,35,38,41-66H2,1-3H3/b10-7-,17-15-,20-18-,23-21-,26-24-,28-27-,31-30-,34-33-,37-36-,40-39-. The van der Waals surface area contributed by atoms with Crippen LogP contribution in [0, 0.1) is 0 Å². The Kier molecular flexibility index (Phi) is 59.9. The van der Waals surface area contributed by atoms with Gasteiger partial charge in [0.1, 0.15) is 13.2 Å². The summed E-state index contributed by atoms with van der Waals surface area (Å²) in [5, 5.41) is 0. The molecule has 0 radical (unpaired) electrons. The third kappa shape index (κ3) is 60.7. The molecule has 0 aliphatic carbocycles. The third-order valence-electron chi connectivity index (χ3n) is 13.2. The van der Waals surface area contributed by atoms with Crippen molar-refractivity contribution in [1.82, 2.24) is 0 Å². The Balaban J connectivity index is 4.05. The fraction of sp³-hybridized carbons (Fsp3) is 0.671. The molecule has 0 fully saturated rings. The zero-order chi connectivity index (χ0) is 55.0. The lowest BCUT2D eigenvalue weighted by Crippen LogP contribution is -2.30. The van der Waals surface area contributed by atoms with Gasteiger partial charge in [0.2, 0.25) is 0 Å². The van der Waals surface area contributed by atoms with E-state index in [9.17, 15) is 14.4 Å². The van der Waals surface area contributed by atoms with Gasteiger partial charge < -0.3 is 14.2 Å². The van der Waals surface area contributed by atoms with Crippen molar-refractivity contribution in [2.45, 2.75) is 290 Å². The number of allylic oxidation sites excluding steroid dienone is 20. The smallest absolute Gasteiger partial charge is 0.306 e. The molecule has 1 atom stereocenters. The van der Waals surface area contributed by atoms with E-state index in [2.05, 4.69) is 142 Å². The second-order valence-electron chi connectivity index (χ2n) is 20.6. The van der Waals surface area contributed by atoms with Crippen LogP contribution in [0.2, 0.25) is 0 Å². The van der Waals surface area contributed by atoms with Gasteiger partial charge in [0.15, 0.2) is 6.10 Å². The summed E-state index contributed by atoms with van der Waals surface area (Å²) in [4.78, 5) is 37.9. The minimum absolute atomic E-state index is 0.0833. The minimum atomic E-state index is -0.782. The monoisotopic (exact) mass is 1050 g/mol. The van der Waals surface area contributed by atoms with Crippen molar-refractivity contribution in [2.24, 2.45) is 0 Å². The molecule has 76 heavy (non-hydrogen) atoms. The van der Waals surface area contributed by atoms with Gasteiger partial charge in [-0.15, -0.1) is 0 Å². The predicted molar refractivity (Wildman–Crippen MR) is 330 cm³/mol. The van der Waals surface area contributed by atoms with Crippen LogP contribution in [0.1, 0.15) is 284 Å². The lowest BCUT2D eigenvalue weighted by molar-refractivity contribution is -0.167. The van der Waals surface area contributed by atoms with Gasteiger partial charge in [-0.25, -0.2) is 0 Å². The summed E-state index contributed by atoms with van der Waals surface area (Å²) in [6.45, 7) is 6.42. The van der Waals surface area contributed by atoms with Crippen LogP contribution in [0.25, 0.3) is 0 Å². The number of unbranched alkanes of at least 4 members (excludes halogenated alkanes) is 25. The SMILES string of the molecule is CC/C=C\C/C=C\C/C=C\C/C=C\C/C=C\C/C=C\C/C=C\C/C=C\CCCCCCCCCCCCC(=O)OCC(COC(=O)CCCCCCC)OC(=O)CCCCCCCCC/C=C\C/C=C\CCCCCC. The first kappa shape index (κ1) is 71.8. The molecule has 0 spiro atoms. The van der Waals surface area contributed by atoms with Crippen LogP contribution in [0.15, 0.2) is 122 Å². The number of carbonyl (C=O) groups excluding carboxylic acids is 3.